The van der Waals surface area contributed by atoms with Crippen molar-refractivity contribution in [3.63, 3.8) is 0 Å². The lowest BCUT2D eigenvalue weighted by atomic mass is 9.94. The zero-order valence-corrected chi connectivity index (χ0v) is 11.4. The van der Waals surface area contributed by atoms with Crippen LogP contribution in [0.1, 0.15) is 30.4 Å². The van der Waals surface area contributed by atoms with Gasteiger partial charge in [-0.2, -0.15) is 0 Å². The summed E-state index contributed by atoms with van der Waals surface area (Å²) in [5.74, 6) is 0.835. The molecule has 0 fully saturated rings. The van der Waals surface area contributed by atoms with Gasteiger partial charge in [0.1, 0.15) is 0 Å². The average Bonchev–Trinajstić information content (AvgIpc) is 2.79. The fourth-order valence-corrected chi connectivity index (χ4v) is 3.30. The molecule has 1 nitrogen and oxygen atoms in total. The SMILES string of the molecule is Clc1ccc2c(c1)CC(NCC1CC=CCC1)C2. The van der Waals surface area contributed by atoms with Gasteiger partial charge in [-0.25, -0.2) is 0 Å². The summed E-state index contributed by atoms with van der Waals surface area (Å²) in [7, 11) is 0. The first-order chi connectivity index (χ1) is 8.81. The molecule has 3 rings (SSSR count). The summed E-state index contributed by atoms with van der Waals surface area (Å²) in [6, 6.07) is 6.93. The lowest BCUT2D eigenvalue weighted by Crippen LogP contribution is -2.34. The number of allylic oxidation sites excluding steroid dienone is 2. The highest BCUT2D eigenvalue weighted by molar-refractivity contribution is 6.30. The summed E-state index contributed by atoms with van der Waals surface area (Å²) in [6.07, 6.45) is 10.8. The molecule has 0 aromatic heterocycles. The van der Waals surface area contributed by atoms with Crippen LogP contribution in [0.3, 0.4) is 0 Å². The Hall–Kier alpha value is -0.790. The van der Waals surface area contributed by atoms with Crippen molar-refractivity contribution in [1.29, 1.82) is 0 Å². The summed E-state index contributed by atoms with van der Waals surface area (Å²) < 4.78 is 0. The first kappa shape index (κ1) is 12.3. The third-order valence-corrected chi connectivity index (χ3v) is 4.41. The molecular weight excluding hydrogens is 242 g/mol. The molecule has 96 valence electrons. The second-order valence-electron chi connectivity index (χ2n) is 5.58. The van der Waals surface area contributed by atoms with Crippen molar-refractivity contribution in [1.82, 2.24) is 5.32 Å². The molecule has 0 heterocycles. The van der Waals surface area contributed by atoms with Crippen LogP contribution in [0.25, 0.3) is 0 Å². The molecule has 2 aliphatic carbocycles. The maximum Gasteiger partial charge on any atom is 0.0408 e. The van der Waals surface area contributed by atoms with E-state index in [4.69, 9.17) is 11.6 Å². The predicted octanol–water partition coefficient (Wildman–Crippen LogP) is 3.75. The van der Waals surface area contributed by atoms with Crippen LogP contribution in [0, 0.1) is 5.92 Å². The minimum atomic E-state index is 0.615. The van der Waals surface area contributed by atoms with E-state index >= 15 is 0 Å². The van der Waals surface area contributed by atoms with E-state index in [0.717, 1.165) is 30.3 Å². The molecule has 1 aromatic rings. The summed E-state index contributed by atoms with van der Waals surface area (Å²) in [5, 5.41) is 4.61. The Morgan fingerprint density at radius 3 is 2.89 bits per heavy atom. The number of hydrogen-bond acceptors (Lipinski definition) is 1. The molecule has 2 unspecified atom stereocenters. The van der Waals surface area contributed by atoms with Crippen LogP contribution >= 0.6 is 11.6 Å². The van der Waals surface area contributed by atoms with Crippen molar-refractivity contribution >= 4 is 11.6 Å². The van der Waals surface area contributed by atoms with Gasteiger partial charge < -0.3 is 5.32 Å². The topological polar surface area (TPSA) is 12.0 Å². The fraction of sp³-hybridized carbons (Fsp3) is 0.500. The van der Waals surface area contributed by atoms with Crippen molar-refractivity contribution in [3.05, 3.63) is 46.5 Å². The van der Waals surface area contributed by atoms with E-state index in [1.807, 2.05) is 6.07 Å². The molecule has 18 heavy (non-hydrogen) atoms. The summed E-state index contributed by atoms with van der Waals surface area (Å²) in [4.78, 5) is 0. The van der Waals surface area contributed by atoms with Gasteiger partial charge in [-0.15, -0.1) is 0 Å². The third kappa shape index (κ3) is 2.78. The molecule has 1 aromatic carbocycles. The van der Waals surface area contributed by atoms with E-state index in [-0.39, 0.29) is 0 Å². The smallest absolute Gasteiger partial charge is 0.0408 e. The second kappa shape index (κ2) is 5.46. The van der Waals surface area contributed by atoms with Crippen LogP contribution in [0.15, 0.2) is 30.4 Å². The molecule has 0 aliphatic heterocycles. The van der Waals surface area contributed by atoms with E-state index < -0.39 is 0 Å². The number of nitrogens with one attached hydrogen (secondary N) is 1. The van der Waals surface area contributed by atoms with Crippen LogP contribution in [-0.4, -0.2) is 12.6 Å². The number of hydrogen-bond donors (Lipinski definition) is 1. The molecule has 0 radical (unpaired) electrons. The van der Waals surface area contributed by atoms with Gasteiger partial charge >= 0.3 is 0 Å². The molecule has 0 amide bonds. The summed E-state index contributed by atoms with van der Waals surface area (Å²) in [5.41, 5.74) is 2.91. The Balaban J connectivity index is 1.53. The molecule has 0 saturated carbocycles. The van der Waals surface area contributed by atoms with Gasteiger partial charge in [-0.05, 0) is 67.8 Å². The lowest BCUT2D eigenvalue weighted by molar-refractivity contribution is 0.406. The van der Waals surface area contributed by atoms with Gasteiger partial charge in [0.25, 0.3) is 0 Å². The molecule has 0 saturated heterocycles. The Bertz CT molecular complexity index is 452. The molecule has 0 spiro atoms. The van der Waals surface area contributed by atoms with Gasteiger partial charge in [-0.3, -0.25) is 0 Å². The van der Waals surface area contributed by atoms with Crippen LogP contribution in [0.2, 0.25) is 5.02 Å². The minimum absolute atomic E-state index is 0.615. The average molecular weight is 262 g/mol. The van der Waals surface area contributed by atoms with E-state index in [0.29, 0.717) is 6.04 Å². The Labute approximate surface area is 114 Å². The summed E-state index contributed by atoms with van der Waals surface area (Å²) in [6.45, 7) is 1.16. The Morgan fingerprint density at radius 1 is 1.17 bits per heavy atom. The molecule has 2 aliphatic rings. The fourth-order valence-electron chi connectivity index (χ4n) is 3.11. The van der Waals surface area contributed by atoms with E-state index in [1.165, 1.54) is 30.4 Å². The largest absolute Gasteiger partial charge is 0.313 e. The standard InChI is InChI=1S/C16H20ClN/c17-15-7-6-13-9-16(10-14(13)8-15)18-11-12-4-2-1-3-5-12/h1-2,6-8,12,16,18H,3-5,9-11H2. The third-order valence-electron chi connectivity index (χ3n) is 4.17. The van der Waals surface area contributed by atoms with E-state index in [9.17, 15) is 0 Å². The molecule has 2 heteroatoms. The Morgan fingerprint density at radius 2 is 2.06 bits per heavy atom. The molecule has 2 atom stereocenters. The monoisotopic (exact) mass is 261 g/mol. The van der Waals surface area contributed by atoms with Crippen molar-refractivity contribution in [3.8, 4) is 0 Å². The Kier molecular flexibility index (Phi) is 3.72. The zero-order chi connectivity index (χ0) is 12.4. The first-order valence-electron chi connectivity index (χ1n) is 6.97. The van der Waals surface area contributed by atoms with Crippen molar-refractivity contribution in [2.24, 2.45) is 5.92 Å². The quantitative estimate of drug-likeness (QED) is 0.817. The highest BCUT2D eigenvalue weighted by Gasteiger charge is 2.22. The van der Waals surface area contributed by atoms with E-state index in [2.05, 4.69) is 29.6 Å². The van der Waals surface area contributed by atoms with Crippen LogP contribution in [-0.2, 0) is 12.8 Å². The number of halogens is 1. The molecule has 0 bridgehead atoms. The minimum Gasteiger partial charge on any atom is -0.313 e. The molecular formula is C16H20ClN. The first-order valence-corrected chi connectivity index (χ1v) is 7.35. The van der Waals surface area contributed by atoms with Crippen LogP contribution in [0.5, 0.6) is 0 Å². The van der Waals surface area contributed by atoms with Gasteiger partial charge in [0.15, 0.2) is 0 Å². The zero-order valence-electron chi connectivity index (χ0n) is 10.7. The van der Waals surface area contributed by atoms with Crippen molar-refractivity contribution in [2.45, 2.75) is 38.1 Å². The second-order valence-corrected chi connectivity index (χ2v) is 6.01. The number of fused-ring (bicyclic) bond motifs is 1. The van der Waals surface area contributed by atoms with Crippen molar-refractivity contribution < 1.29 is 0 Å². The van der Waals surface area contributed by atoms with Crippen LogP contribution in [0.4, 0.5) is 0 Å². The normalized spacial score (nSPS) is 26.3. The van der Waals surface area contributed by atoms with Gasteiger partial charge in [0.05, 0.1) is 0 Å². The molecule has 1 N–H and O–H groups in total. The van der Waals surface area contributed by atoms with Crippen LogP contribution < -0.4 is 5.32 Å². The number of rotatable bonds is 3. The maximum atomic E-state index is 6.04. The maximum absolute atomic E-state index is 6.04. The van der Waals surface area contributed by atoms with Gasteiger partial charge in [-0.1, -0.05) is 29.8 Å². The summed E-state index contributed by atoms with van der Waals surface area (Å²) >= 11 is 6.04. The lowest BCUT2D eigenvalue weighted by Gasteiger charge is -2.21. The van der Waals surface area contributed by atoms with Gasteiger partial charge in [0.2, 0.25) is 0 Å². The van der Waals surface area contributed by atoms with Gasteiger partial charge in [0, 0.05) is 11.1 Å². The highest BCUT2D eigenvalue weighted by atomic mass is 35.5. The van der Waals surface area contributed by atoms with Crippen molar-refractivity contribution in [2.75, 3.05) is 6.54 Å². The predicted molar refractivity (Wildman–Crippen MR) is 77.1 cm³/mol. The highest BCUT2D eigenvalue weighted by Crippen LogP contribution is 2.26. The van der Waals surface area contributed by atoms with E-state index in [1.54, 1.807) is 0 Å². The number of benzene rings is 1.